The minimum absolute atomic E-state index is 0.0519. The number of nitroso groups, excluding NO2 is 1. The van der Waals surface area contributed by atoms with Crippen molar-refractivity contribution in [2.45, 2.75) is 6.18 Å². The maximum Gasteiger partial charge on any atom is 0.418 e. The van der Waals surface area contributed by atoms with Gasteiger partial charge in [-0.15, -0.1) is 11.3 Å². The van der Waals surface area contributed by atoms with E-state index in [0.29, 0.717) is 22.1 Å². The van der Waals surface area contributed by atoms with Crippen LogP contribution in [0.2, 0.25) is 0 Å². The third-order valence-electron chi connectivity index (χ3n) is 3.48. The van der Waals surface area contributed by atoms with E-state index in [9.17, 15) is 18.1 Å². The Hall–Kier alpha value is -2.74. The van der Waals surface area contributed by atoms with Crippen LogP contribution in [0.25, 0.3) is 11.3 Å². The number of anilines is 2. The molecule has 8 heteroatoms. The van der Waals surface area contributed by atoms with Crippen LogP contribution in [0.5, 0.6) is 0 Å². The van der Waals surface area contributed by atoms with Crippen LogP contribution in [0.1, 0.15) is 5.56 Å². The zero-order valence-corrected chi connectivity index (χ0v) is 13.9. The molecule has 0 aliphatic carbocycles. The summed E-state index contributed by atoms with van der Waals surface area (Å²) in [6.07, 6.45) is -4.45. The number of para-hydroxylation sites is 1. The number of halogens is 3. The van der Waals surface area contributed by atoms with Crippen LogP contribution in [-0.4, -0.2) is 16.8 Å². The number of hydrogen-bond donors (Lipinski definition) is 1. The Morgan fingerprint density at radius 2 is 1.88 bits per heavy atom. The molecule has 0 unspecified atom stereocenters. The quantitative estimate of drug-likeness (QED) is 0.612. The van der Waals surface area contributed by atoms with Gasteiger partial charge >= 0.3 is 6.18 Å². The summed E-state index contributed by atoms with van der Waals surface area (Å²) in [7, 11) is 1.39. The molecule has 0 spiro atoms. The van der Waals surface area contributed by atoms with Gasteiger partial charge in [0.15, 0.2) is 12.2 Å². The lowest BCUT2D eigenvalue weighted by molar-refractivity contribution is -0.428. The summed E-state index contributed by atoms with van der Waals surface area (Å²) >= 11 is 1.19. The van der Waals surface area contributed by atoms with E-state index >= 15 is 0 Å². The van der Waals surface area contributed by atoms with Gasteiger partial charge in [-0.25, -0.2) is 4.98 Å². The number of thiazole rings is 1. The highest BCUT2D eigenvalue weighted by Gasteiger charge is 2.33. The van der Waals surface area contributed by atoms with E-state index in [1.54, 1.807) is 29.6 Å². The number of aromatic nitrogens is 1. The molecule has 0 amide bonds. The summed E-state index contributed by atoms with van der Waals surface area (Å²) < 4.78 is 39.9. The van der Waals surface area contributed by atoms with Gasteiger partial charge in [0.2, 0.25) is 0 Å². The smallest absolute Gasteiger partial charge is 0.331 e. The van der Waals surface area contributed by atoms with Crippen LogP contribution in [-0.2, 0) is 6.18 Å². The van der Waals surface area contributed by atoms with Crippen molar-refractivity contribution in [3.05, 3.63) is 64.4 Å². The maximum atomic E-state index is 13.1. The summed E-state index contributed by atoms with van der Waals surface area (Å²) in [5.41, 5.74) is 0.974. The van der Waals surface area contributed by atoms with E-state index in [2.05, 4.69) is 10.3 Å². The molecule has 0 saturated carbocycles. The number of hydrogen-bond acceptors (Lipinski definition) is 4. The highest BCUT2D eigenvalue weighted by Crippen LogP contribution is 2.37. The molecule has 0 aliphatic rings. The largest absolute Gasteiger partial charge is 0.418 e. The van der Waals surface area contributed by atoms with Crippen LogP contribution >= 0.6 is 11.3 Å². The molecule has 1 heterocycles. The molecule has 4 nitrogen and oxygen atoms in total. The predicted molar refractivity (Wildman–Crippen MR) is 91.5 cm³/mol. The van der Waals surface area contributed by atoms with Crippen molar-refractivity contribution in [1.29, 1.82) is 0 Å². The summed E-state index contributed by atoms with van der Waals surface area (Å²) in [5.74, 6) is 0. The lowest BCUT2D eigenvalue weighted by Gasteiger charge is -2.12. The van der Waals surface area contributed by atoms with E-state index in [4.69, 9.17) is 0 Å². The molecule has 2 aromatic carbocycles. The van der Waals surface area contributed by atoms with Gasteiger partial charge in [-0.05, 0) is 12.1 Å². The van der Waals surface area contributed by atoms with Gasteiger partial charge < -0.3 is 5.32 Å². The molecule has 0 saturated heterocycles. The molecule has 3 aromatic rings. The minimum Gasteiger partial charge on any atom is -0.331 e. The number of nitrogens with zero attached hydrogens (tertiary/aromatic N) is 2. The summed E-state index contributed by atoms with van der Waals surface area (Å²) in [6.45, 7) is 0. The second-order valence-corrected chi connectivity index (χ2v) is 6.11. The first-order chi connectivity index (χ1) is 11.8. The summed E-state index contributed by atoms with van der Waals surface area (Å²) in [4.78, 5) is 15.7. The second-order valence-electron chi connectivity index (χ2n) is 5.25. The molecule has 0 fully saturated rings. The Kier molecular flexibility index (Phi) is 4.54. The van der Waals surface area contributed by atoms with Crippen LogP contribution in [0.3, 0.4) is 0 Å². The number of alkyl halides is 3. The van der Waals surface area contributed by atoms with Gasteiger partial charge in [-0.1, -0.05) is 24.3 Å². The molecule has 1 N–H and O–H groups in total. The van der Waals surface area contributed by atoms with Gasteiger partial charge in [0.1, 0.15) is 0 Å². The molecule has 0 bridgehead atoms. The Balaban J connectivity index is 1.89. The topological polar surface area (TPSA) is 45.0 Å². The Morgan fingerprint density at radius 1 is 1.12 bits per heavy atom. The molecule has 0 aliphatic heterocycles. The number of benzene rings is 2. The average Bonchev–Trinajstić information content (AvgIpc) is 3.03. The fourth-order valence-electron chi connectivity index (χ4n) is 2.28. The maximum absolute atomic E-state index is 13.1. The molecule has 0 radical (unpaired) electrons. The van der Waals surface area contributed by atoms with Gasteiger partial charge in [0.25, 0.3) is 5.69 Å². The fourth-order valence-corrected chi connectivity index (χ4v) is 3.01. The van der Waals surface area contributed by atoms with E-state index in [1.807, 2.05) is 0 Å². The normalized spacial score (nSPS) is 11.4. The lowest BCUT2D eigenvalue weighted by atomic mass is 10.1. The Labute approximate surface area is 145 Å². The van der Waals surface area contributed by atoms with E-state index in [-0.39, 0.29) is 5.69 Å². The van der Waals surface area contributed by atoms with E-state index in [0.717, 1.165) is 10.8 Å². The second kappa shape index (κ2) is 6.64. The standard InChI is InChI=1S/C17H13F3N3OS/c1-23(24)12-6-4-5-11(9-12)15-10-25-16(22-15)21-14-8-3-2-7-13(14)17(18,19)20/h2-10H,1H3,(H,21,22)/q+1. The zero-order valence-electron chi connectivity index (χ0n) is 13.0. The van der Waals surface area contributed by atoms with Gasteiger partial charge in [-0.3, -0.25) is 0 Å². The van der Waals surface area contributed by atoms with Crippen molar-refractivity contribution in [3.8, 4) is 11.3 Å². The minimum atomic E-state index is -4.45. The molecule has 1 aromatic heterocycles. The molecular formula is C17H13F3N3OS+. The van der Waals surface area contributed by atoms with Crippen molar-refractivity contribution >= 4 is 27.8 Å². The first-order valence-electron chi connectivity index (χ1n) is 7.24. The molecule has 25 heavy (non-hydrogen) atoms. The Morgan fingerprint density at radius 3 is 2.60 bits per heavy atom. The van der Waals surface area contributed by atoms with Crippen LogP contribution in [0, 0.1) is 4.91 Å². The first kappa shape index (κ1) is 17.1. The zero-order chi connectivity index (χ0) is 18.0. The lowest BCUT2D eigenvalue weighted by Crippen LogP contribution is -2.08. The molecule has 128 valence electrons. The van der Waals surface area contributed by atoms with Gasteiger partial charge in [0, 0.05) is 32.7 Å². The van der Waals surface area contributed by atoms with E-state index in [1.165, 1.54) is 36.6 Å². The molecule has 0 atom stereocenters. The fraction of sp³-hybridized carbons (Fsp3) is 0.118. The Bertz CT molecular complexity index is 921. The van der Waals surface area contributed by atoms with Crippen molar-refractivity contribution in [1.82, 2.24) is 4.98 Å². The van der Waals surface area contributed by atoms with Crippen molar-refractivity contribution in [3.63, 3.8) is 0 Å². The third-order valence-corrected chi connectivity index (χ3v) is 4.24. The highest BCUT2D eigenvalue weighted by molar-refractivity contribution is 7.14. The van der Waals surface area contributed by atoms with Crippen LogP contribution in [0.4, 0.5) is 29.7 Å². The predicted octanol–water partition coefficient (Wildman–Crippen LogP) is 5.61. The van der Waals surface area contributed by atoms with Gasteiger partial charge in [0.05, 0.1) is 16.9 Å². The average molecular weight is 364 g/mol. The first-order valence-corrected chi connectivity index (χ1v) is 8.12. The summed E-state index contributed by atoms with van der Waals surface area (Å²) in [5, 5.41) is 4.79. The van der Waals surface area contributed by atoms with Crippen molar-refractivity contribution in [2.24, 2.45) is 0 Å². The van der Waals surface area contributed by atoms with Crippen LogP contribution < -0.4 is 5.32 Å². The molecular weight excluding hydrogens is 351 g/mol. The van der Waals surface area contributed by atoms with Gasteiger partial charge in [-0.2, -0.15) is 13.2 Å². The highest BCUT2D eigenvalue weighted by atomic mass is 32.1. The van der Waals surface area contributed by atoms with E-state index < -0.39 is 11.7 Å². The summed E-state index contributed by atoms with van der Waals surface area (Å²) in [6, 6.07) is 12.1. The van der Waals surface area contributed by atoms with Crippen molar-refractivity contribution in [2.75, 3.05) is 12.4 Å². The van der Waals surface area contributed by atoms with Crippen LogP contribution in [0.15, 0.2) is 53.9 Å². The third kappa shape index (κ3) is 3.85. The monoisotopic (exact) mass is 364 g/mol. The molecule has 3 rings (SSSR count). The SMILES string of the molecule is C[N+](=O)c1cccc(-c2csc(Nc3ccccc3C(F)(F)F)n2)c1. The van der Waals surface area contributed by atoms with Crippen molar-refractivity contribution < 1.29 is 17.9 Å². The number of nitrogens with one attached hydrogen (secondary N) is 1. The number of rotatable bonds is 4.